The van der Waals surface area contributed by atoms with Crippen molar-refractivity contribution in [2.24, 2.45) is 0 Å². The normalized spacial score (nSPS) is 10.9. The minimum Gasteiger partial charge on any atom is -0.325 e. The minimum atomic E-state index is -0.395. The standard InChI is InChI=1S/C19H14FN5OS/c20-14-7-4-8-15(11-14)21-17(26)12-27-18-10-9-16-22-23-19(25(16)24-18)13-5-2-1-3-6-13/h1-11H,12H2,(H,21,26). The molecule has 0 aliphatic rings. The molecule has 0 unspecified atom stereocenters. The molecule has 0 saturated carbocycles. The van der Waals surface area contributed by atoms with Crippen molar-refractivity contribution < 1.29 is 9.18 Å². The van der Waals surface area contributed by atoms with Gasteiger partial charge < -0.3 is 5.32 Å². The summed E-state index contributed by atoms with van der Waals surface area (Å²) >= 11 is 1.28. The topological polar surface area (TPSA) is 72.2 Å². The second-order valence-corrected chi connectivity index (χ2v) is 6.67. The van der Waals surface area contributed by atoms with E-state index < -0.39 is 5.82 Å². The van der Waals surface area contributed by atoms with Crippen molar-refractivity contribution in [2.45, 2.75) is 5.03 Å². The third-order valence-corrected chi connectivity index (χ3v) is 4.65. The molecule has 27 heavy (non-hydrogen) atoms. The lowest BCUT2D eigenvalue weighted by molar-refractivity contribution is -0.113. The summed E-state index contributed by atoms with van der Waals surface area (Å²) in [5.74, 6) is 0.156. The summed E-state index contributed by atoms with van der Waals surface area (Å²) in [4.78, 5) is 12.1. The van der Waals surface area contributed by atoms with Gasteiger partial charge in [0, 0.05) is 11.3 Å². The van der Waals surface area contributed by atoms with Crippen LogP contribution < -0.4 is 5.32 Å². The van der Waals surface area contributed by atoms with E-state index in [4.69, 9.17) is 0 Å². The molecule has 0 aliphatic carbocycles. The molecule has 0 aliphatic heterocycles. The van der Waals surface area contributed by atoms with E-state index in [0.717, 1.165) is 5.56 Å². The number of carbonyl (C=O) groups excluding carboxylic acids is 1. The van der Waals surface area contributed by atoms with E-state index in [0.29, 0.717) is 22.2 Å². The Labute approximate surface area is 158 Å². The maximum Gasteiger partial charge on any atom is 0.234 e. The van der Waals surface area contributed by atoms with E-state index in [-0.39, 0.29) is 11.7 Å². The molecule has 1 amide bonds. The van der Waals surface area contributed by atoms with Crippen molar-refractivity contribution in [1.29, 1.82) is 0 Å². The summed E-state index contributed by atoms with van der Waals surface area (Å²) in [7, 11) is 0. The van der Waals surface area contributed by atoms with Crippen LogP contribution in [0.15, 0.2) is 71.8 Å². The molecule has 2 aromatic carbocycles. The van der Waals surface area contributed by atoms with E-state index in [1.807, 2.05) is 30.3 Å². The van der Waals surface area contributed by atoms with Crippen LogP contribution in [0, 0.1) is 5.82 Å². The predicted molar refractivity (Wildman–Crippen MR) is 102 cm³/mol. The highest BCUT2D eigenvalue weighted by molar-refractivity contribution is 7.99. The van der Waals surface area contributed by atoms with Crippen LogP contribution in [0.1, 0.15) is 0 Å². The van der Waals surface area contributed by atoms with Crippen LogP contribution in [0.5, 0.6) is 0 Å². The highest BCUT2D eigenvalue weighted by Gasteiger charge is 2.11. The van der Waals surface area contributed by atoms with Gasteiger partial charge in [-0.05, 0) is 30.3 Å². The van der Waals surface area contributed by atoms with Crippen LogP contribution in [0.4, 0.5) is 10.1 Å². The summed E-state index contributed by atoms with van der Waals surface area (Å²) in [5, 5.41) is 16.2. The fraction of sp³-hybridized carbons (Fsp3) is 0.0526. The first-order valence-corrected chi connectivity index (χ1v) is 9.14. The number of amides is 1. The van der Waals surface area contributed by atoms with Gasteiger partial charge in [0.15, 0.2) is 11.5 Å². The lowest BCUT2D eigenvalue weighted by Gasteiger charge is -2.05. The zero-order valence-electron chi connectivity index (χ0n) is 14.0. The van der Waals surface area contributed by atoms with Gasteiger partial charge in [-0.15, -0.1) is 10.2 Å². The Hall–Kier alpha value is -3.26. The number of nitrogens with one attached hydrogen (secondary N) is 1. The molecule has 134 valence electrons. The summed E-state index contributed by atoms with van der Waals surface area (Å²) in [6.07, 6.45) is 0. The monoisotopic (exact) mass is 379 g/mol. The van der Waals surface area contributed by atoms with E-state index in [1.54, 1.807) is 28.8 Å². The highest BCUT2D eigenvalue weighted by atomic mass is 32.2. The van der Waals surface area contributed by atoms with Gasteiger partial charge in [0.1, 0.15) is 10.8 Å². The van der Waals surface area contributed by atoms with Crippen molar-refractivity contribution in [3.8, 4) is 11.4 Å². The number of hydrogen-bond acceptors (Lipinski definition) is 5. The highest BCUT2D eigenvalue weighted by Crippen LogP contribution is 2.20. The third kappa shape index (κ3) is 3.95. The third-order valence-electron chi connectivity index (χ3n) is 3.73. The van der Waals surface area contributed by atoms with Crippen LogP contribution in [-0.2, 0) is 4.79 Å². The van der Waals surface area contributed by atoms with Crippen LogP contribution >= 0.6 is 11.8 Å². The smallest absolute Gasteiger partial charge is 0.234 e. The van der Waals surface area contributed by atoms with E-state index in [9.17, 15) is 9.18 Å². The number of fused-ring (bicyclic) bond motifs is 1. The Bertz CT molecular complexity index is 1100. The summed E-state index contributed by atoms with van der Waals surface area (Å²) in [6, 6.07) is 19.0. The largest absolute Gasteiger partial charge is 0.325 e. The van der Waals surface area contributed by atoms with Crippen molar-refractivity contribution in [3.63, 3.8) is 0 Å². The number of halogens is 1. The van der Waals surface area contributed by atoms with Gasteiger partial charge in [0.05, 0.1) is 5.75 Å². The van der Waals surface area contributed by atoms with Crippen LogP contribution in [0.2, 0.25) is 0 Å². The second kappa shape index (κ2) is 7.55. The Morgan fingerprint density at radius 1 is 1.04 bits per heavy atom. The lowest BCUT2D eigenvalue weighted by Crippen LogP contribution is -2.14. The van der Waals surface area contributed by atoms with Crippen molar-refractivity contribution in [2.75, 3.05) is 11.1 Å². The molecule has 4 aromatic rings. The number of benzene rings is 2. The molecule has 0 saturated heterocycles. The summed E-state index contributed by atoms with van der Waals surface area (Å²) < 4.78 is 14.8. The Kier molecular flexibility index (Phi) is 4.80. The van der Waals surface area contributed by atoms with Gasteiger partial charge >= 0.3 is 0 Å². The number of anilines is 1. The first kappa shape index (κ1) is 17.2. The first-order chi connectivity index (χ1) is 13.2. The molecule has 2 aromatic heterocycles. The van der Waals surface area contributed by atoms with Crippen LogP contribution in [0.25, 0.3) is 17.0 Å². The molecule has 1 N–H and O–H groups in total. The van der Waals surface area contributed by atoms with Crippen molar-refractivity contribution in [1.82, 2.24) is 19.8 Å². The molecule has 0 fully saturated rings. The molecule has 0 spiro atoms. The Morgan fingerprint density at radius 2 is 1.89 bits per heavy atom. The van der Waals surface area contributed by atoms with Crippen LogP contribution in [0.3, 0.4) is 0 Å². The lowest BCUT2D eigenvalue weighted by atomic mass is 10.2. The number of thioether (sulfide) groups is 1. The Morgan fingerprint density at radius 3 is 2.70 bits per heavy atom. The fourth-order valence-electron chi connectivity index (χ4n) is 2.52. The number of nitrogens with zero attached hydrogens (tertiary/aromatic N) is 4. The van der Waals surface area contributed by atoms with Gasteiger partial charge in [0.2, 0.25) is 5.91 Å². The maximum absolute atomic E-state index is 13.2. The van der Waals surface area contributed by atoms with Crippen molar-refractivity contribution >= 4 is 29.0 Å². The molecular weight excluding hydrogens is 365 g/mol. The summed E-state index contributed by atoms with van der Waals surface area (Å²) in [6.45, 7) is 0. The van der Waals surface area contributed by atoms with Crippen molar-refractivity contribution in [3.05, 3.63) is 72.5 Å². The minimum absolute atomic E-state index is 0.151. The molecule has 0 radical (unpaired) electrons. The number of hydrogen-bond donors (Lipinski definition) is 1. The number of carbonyl (C=O) groups is 1. The molecule has 6 nitrogen and oxygen atoms in total. The van der Waals surface area contributed by atoms with E-state index in [2.05, 4.69) is 20.6 Å². The second-order valence-electron chi connectivity index (χ2n) is 5.68. The summed E-state index contributed by atoms with van der Waals surface area (Å²) in [5.41, 5.74) is 1.96. The molecular formula is C19H14FN5OS. The predicted octanol–water partition coefficient (Wildman–Crippen LogP) is 3.66. The molecule has 2 heterocycles. The van der Waals surface area contributed by atoms with Gasteiger partial charge in [-0.1, -0.05) is 48.2 Å². The van der Waals surface area contributed by atoms with E-state index in [1.165, 1.54) is 23.9 Å². The van der Waals surface area contributed by atoms with Gasteiger partial charge in [-0.25, -0.2) is 4.39 Å². The zero-order chi connectivity index (χ0) is 18.6. The average Bonchev–Trinajstić information content (AvgIpc) is 3.10. The first-order valence-electron chi connectivity index (χ1n) is 8.15. The number of rotatable bonds is 5. The average molecular weight is 379 g/mol. The quantitative estimate of drug-likeness (QED) is 0.536. The molecule has 0 atom stereocenters. The molecule has 8 heteroatoms. The van der Waals surface area contributed by atoms with Crippen LogP contribution in [-0.4, -0.2) is 31.5 Å². The van der Waals surface area contributed by atoms with Gasteiger partial charge in [-0.2, -0.15) is 9.61 Å². The van der Waals surface area contributed by atoms with Gasteiger partial charge in [0.25, 0.3) is 0 Å². The van der Waals surface area contributed by atoms with Gasteiger partial charge in [-0.3, -0.25) is 4.79 Å². The molecule has 4 rings (SSSR count). The SMILES string of the molecule is O=C(CSc1ccc2nnc(-c3ccccc3)n2n1)Nc1cccc(F)c1. The molecule has 0 bridgehead atoms. The van der Waals surface area contributed by atoms with E-state index >= 15 is 0 Å². The zero-order valence-corrected chi connectivity index (χ0v) is 14.9. The fourth-order valence-corrected chi connectivity index (χ4v) is 3.17. The number of aromatic nitrogens is 4. The Balaban J connectivity index is 1.48. The maximum atomic E-state index is 13.2.